The van der Waals surface area contributed by atoms with Crippen LogP contribution in [0, 0.1) is 27.7 Å². The maximum absolute atomic E-state index is 12.3. The van der Waals surface area contributed by atoms with E-state index in [0.29, 0.717) is 29.6 Å². The molecule has 0 aliphatic rings. The summed E-state index contributed by atoms with van der Waals surface area (Å²) in [4.78, 5) is 12.3. The Morgan fingerprint density at radius 1 is 0.969 bits per heavy atom. The standard InChI is InChI=1S/C25H25N5O2/c1-16-6-5-7-20(14-16)15-24(31)26-21-8-10-22(11-9-21)32-25-13-12-23(27-28-25)30-19(4)17(2)18(3)29-30/h5-14H,15H2,1-4H3,(H,26,31). The largest absolute Gasteiger partial charge is 0.438 e. The summed E-state index contributed by atoms with van der Waals surface area (Å²) >= 11 is 0. The number of benzene rings is 2. The van der Waals surface area contributed by atoms with Crippen molar-refractivity contribution in [1.82, 2.24) is 20.0 Å². The van der Waals surface area contributed by atoms with Gasteiger partial charge in [0, 0.05) is 17.4 Å². The molecule has 0 spiro atoms. The first-order valence-corrected chi connectivity index (χ1v) is 10.4. The van der Waals surface area contributed by atoms with Gasteiger partial charge in [-0.2, -0.15) is 5.10 Å². The number of hydrogen-bond donors (Lipinski definition) is 1. The maximum Gasteiger partial charge on any atom is 0.238 e. The fourth-order valence-corrected chi connectivity index (χ4v) is 3.36. The Kier molecular flexibility index (Phi) is 5.98. The molecule has 1 amide bonds. The Morgan fingerprint density at radius 3 is 2.38 bits per heavy atom. The van der Waals surface area contributed by atoms with E-state index in [0.717, 1.165) is 28.1 Å². The van der Waals surface area contributed by atoms with Crippen LogP contribution in [0.15, 0.2) is 60.7 Å². The van der Waals surface area contributed by atoms with Crippen molar-refractivity contribution >= 4 is 11.6 Å². The summed E-state index contributed by atoms with van der Waals surface area (Å²) in [5, 5.41) is 15.8. The Bertz CT molecular complexity index is 1240. The number of ether oxygens (including phenoxy) is 1. The lowest BCUT2D eigenvalue weighted by atomic mass is 10.1. The van der Waals surface area contributed by atoms with Gasteiger partial charge >= 0.3 is 0 Å². The van der Waals surface area contributed by atoms with E-state index in [1.54, 1.807) is 35.0 Å². The van der Waals surface area contributed by atoms with Gasteiger partial charge in [0.2, 0.25) is 11.8 Å². The molecule has 0 unspecified atom stereocenters. The van der Waals surface area contributed by atoms with Crippen molar-refractivity contribution in [2.75, 3.05) is 5.32 Å². The molecule has 1 N–H and O–H groups in total. The number of carbonyl (C=O) groups excluding carboxylic acids is 1. The van der Waals surface area contributed by atoms with Gasteiger partial charge in [-0.3, -0.25) is 4.79 Å². The predicted octanol–water partition coefficient (Wildman–Crippen LogP) is 4.87. The fraction of sp³-hybridized carbons (Fsp3) is 0.200. The summed E-state index contributed by atoms with van der Waals surface area (Å²) in [6.45, 7) is 8.02. The van der Waals surface area contributed by atoms with Crippen LogP contribution in [0.4, 0.5) is 5.69 Å². The van der Waals surface area contributed by atoms with E-state index in [-0.39, 0.29) is 5.91 Å². The minimum atomic E-state index is -0.0647. The van der Waals surface area contributed by atoms with Crippen LogP contribution < -0.4 is 10.1 Å². The highest BCUT2D eigenvalue weighted by atomic mass is 16.5. The smallest absolute Gasteiger partial charge is 0.238 e. The molecule has 2 heterocycles. The summed E-state index contributed by atoms with van der Waals surface area (Å²) in [7, 11) is 0. The third-order valence-electron chi connectivity index (χ3n) is 5.30. The SMILES string of the molecule is Cc1cccc(CC(=O)Nc2ccc(Oc3ccc(-n4nc(C)c(C)c4C)nn3)cc2)c1. The molecule has 0 radical (unpaired) electrons. The first kappa shape index (κ1) is 21.2. The fourth-order valence-electron chi connectivity index (χ4n) is 3.36. The Morgan fingerprint density at radius 2 is 1.75 bits per heavy atom. The molecule has 0 aliphatic heterocycles. The van der Waals surface area contributed by atoms with Crippen LogP contribution in [0.25, 0.3) is 5.82 Å². The summed E-state index contributed by atoms with van der Waals surface area (Å²) in [5.41, 5.74) is 5.97. The molecule has 4 rings (SSSR count). The number of nitrogens with zero attached hydrogens (tertiary/aromatic N) is 4. The second-order valence-corrected chi connectivity index (χ2v) is 7.78. The zero-order valence-electron chi connectivity index (χ0n) is 18.6. The van der Waals surface area contributed by atoms with Crippen molar-refractivity contribution in [1.29, 1.82) is 0 Å². The number of nitrogens with one attached hydrogen (secondary N) is 1. The molecule has 7 nitrogen and oxygen atoms in total. The normalized spacial score (nSPS) is 10.8. The molecule has 0 aliphatic carbocycles. The van der Waals surface area contributed by atoms with Gasteiger partial charge in [-0.1, -0.05) is 29.8 Å². The van der Waals surface area contributed by atoms with Crippen LogP contribution >= 0.6 is 0 Å². The Balaban J connectivity index is 1.37. The molecule has 162 valence electrons. The van der Waals surface area contributed by atoms with E-state index < -0.39 is 0 Å². The van der Waals surface area contributed by atoms with E-state index in [2.05, 4.69) is 20.6 Å². The van der Waals surface area contributed by atoms with E-state index in [4.69, 9.17) is 4.74 Å². The molecule has 2 aromatic heterocycles. The van der Waals surface area contributed by atoms with Gasteiger partial charge in [-0.05, 0) is 69.2 Å². The second kappa shape index (κ2) is 9.01. The van der Waals surface area contributed by atoms with Crippen LogP contribution in [-0.2, 0) is 11.2 Å². The number of rotatable bonds is 6. The minimum Gasteiger partial charge on any atom is -0.438 e. The Labute approximate surface area is 187 Å². The third-order valence-corrected chi connectivity index (χ3v) is 5.30. The van der Waals surface area contributed by atoms with Gasteiger partial charge in [-0.25, -0.2) is 4.68 Å². The van der Waals surface area contributed by atoms with Gasteiger partial charge in [0.05, 0.1) is 12.1 Å². The average molecular weight is 428 g/mol. The zero-order valence-corrected chi connectivity index (χ0v) is 18.6. The van der Waals surface area contributed by atoms with Crippen molar-refractivity contribution in [2.45, 2.75) is 34.1 Å². The Hall–Kier alpha value is -4.00. The van der Waals surface area contributed by atoms with Crippen molar-refractivity contribution in [3.8, 4) is 17.4 Å². The van der Waals surface area contributed by atoms with E-state index in [1.165, 1.54) is 0 Å². The molecule has 0 bridgehead atoms. The zero-order chi connectivity index (χ0) is 22.7. The summed E-state index contributed by atoms with van der Waals surface area (Å²) < 4.78 is 7.55. The van der Waals surface area contributed by atoms with E-state index in [9.17, 15) is 4.79 Å². The summed E-state index contributed by atoms with van der Waals surface area (Å²) in [5.74, 6) is 1.55. The highest BCUT2D eigenvalue weighted by Gasteiger charge is 2.11. The molecular formula is C25H25N5O2. The van der Waals surface area contributed by atoms with Gasteiger partial charge in [0.15, 0.2) is 5.82 Å². The van der Waals surface area contributed by atoms with Crippen molar-refractivity contribution in [3.05, 3.63) is 88.7 Å². The first-order valence-electron chi connectivity index (χ1n) is 10.4. The quantitative estimate of drug-likeness (QED) is 0.475. The molecular weight excluding hydrogens is 402 g/mol. The number of hydrogen-bond acceptors (Lipinski definition) is 5. The second-order valence-electron chi connectivity index (χ2n) is 7.78. The highest BCUT2D eigenvalue weighted by molar-refractivity contribution is 5.92. The van der Waals surface area contributed by atoms with E-state index >= 15 is 0 Å². The molecule has 4 aromatic rings. The van der Waals surface area contributed by atoms with Gasteiger partial charge in [0.1, 0.15) is 5.75 Å². The van der Waals surface area contributed by atoms with Gasteiger partial charge < -0.3 is 10.1 Å². The molecule has 2 aromatic carbocycles. The van der Waals surface area contributed by atoms with Crippen LogP contribution in [-0.4, -0.2) is 25.9 Å². The topological polar surface area (TPSA) is 81.9 Å². The van der Waals surface area contributed by atoms with Crippen molar-refractivity contribution < 1.29 is 9.53 Å². The van der Waals surface area contributed by atoms with E-state index in [1.807, 2.05) is 58.0 Å². The number of anilines is 1. The van der Waals surface area contributed by atoms with Crippen LogP contribution in [0.3, 0.4) is 0 Å². The molecule has 7 heteroatoms. The van der Waals surface area contributed by atoms with Crippen LogP contribution in [0.1, 0.15) is 28.1 Å². The molecule has 32 heavy (non-hydrogen) atoms. The molecule has 0 saturated carbocycles. The lowest BCUT2D eigenvalue weighted by Gasteiger charge is -2.08. The highest BCUT2D eigenvalue weighted by Crippen LogP contribution is 2.22. The first-order chi connectivity index (χ1) is 15.4. The summed E-state index contributed by atoms with van der Waals surface area (Å²) in [6.07, 6.45) is 0.330. The van der Waals surface area contributed by atoms with Crippen LogP contribution in [0.5, 0.6) is 11.6 Å². The molecule has 0 fully saturated rings. The number of aromatic nitrogens is 4. The van der Waals surface area contributed by atoms with Crippen molar-refractivity contribution in [3.63, 3.8) is 0 Å². The maximum atomic E-state index is 12.3. The van der Waals surface area contributed by atoms with Gasteiger partial charge in [-0.15, -0.1) is 10.2 Å². The van der Waals surface area contributed by atoms with Gasteiger partial charge in [0.25, 0.3) is 0 Å². The molecule has 0 atom stereocenters. The number of amides is 1. The third kappa shape index (κ3) is 4.83. The monoisotopic (exact) mass is 427 g/mol. The summed E-state index contributed by atoms with van der Waals surface area (Å²) in [6, 6.07) is 18.7. The number of carbonyl (C=O) groups is 1. The minimum absolute atomic E-state index is 0.0647. The lowest BCUT2D eigenvalue weighted by molar-refractivity contribution is -0.115. The number of aryl methyl sites for hydroxylation is 2. The average Bonchev–Trinajstić information content (AvgIpc) is 3.03. The van der Waals surface area contributed by atoms with Crippen LogP contribution in [0.2, 0.25) is 0 Å². The molecule has 0 saturated heterocycles. The van der Waals surface area contributed by atoms with Crippen molar-refractivity contribution in [2.24, 2.45) is 0 Å². The predicted molar refractivity (Wildman–Crippen MR) is 123 cm³/mol. The lowest BCUT2D eigenvalue weighted by Crippen LogP contribution is -2.14.